The second-order valence-corrected chi connectivity index (χ2v) is 4.24. The maximum Gasteiger partial charge on any atom is 0.126 e. The highest BCUT2D eigenvalue weighted by Crippen LogP contribution is 2.30. The highest BCUT2D eigenvalue weighted by molar-refractivity contribution is 5.92. The second-order valence-electron chi connectivity index (χ2n) is 4.24. The van der Waals surface area contributed by atoms with Gasteiger partial charge in [-0.3, -0.25) is 0 Å². The van der Waals surface area contributed by atoms with Crippen LogP contribution < -0.4 is 4.74 Å². The van der Waals surface area contributed by atoms with E-state index in [4.69, 9.17) is 4.74 Å². The molecule has 18 heavy (non-hydrogen) atoms. The lowest BCUT2D eigenvalue weighted by Gasteiger charge is -2.12. The number of hydrogen-bond acceptors (Lipinski definition) is 2. The van der Waals surface area contributed by atoms with Crippen molar-refractivity contribution in [3.8, 4) is 11.4 Å². The normalized spacial score (nSPS) is 10.8. The van der Waals surface area contributed by atoms with Gasteiger partial charge in [-0.25, -0.2) is 4.98 Å². The molecule has 0 fully saturated rings. The van der Waals surface area contributed by atoms with E-state index in [2.05, 4.69) is 30.1 Å². The van der Waals surface area contributed by atoms with E-state index in [0.717, 1.165) is 16.8 Å². The monoisotopic (exact) mass is 238 g/mol. The summed E-state index contributed by atoms with van der Waals surface area (Å²) in [5.74, 6) is 0.910. The molecule has 0 amide bonds. The molecule has 0 atom stereocenters. The molecule has 0 saturated heterocycles. The van der Waals surface area contributed by atoms with Gasteiger partial charge in [0, 0.05) is 17.8 Å². The molecule has 0 aliphatic carbocycles. The Kier molecular flexibility index (Phi) is 2.52. The van der Waals surface area contributed by atoms with Crippen LogP contribution in [0.15, 0.2) is 49.1 Å². The number of benzene rings is 2. The van der Waals surface area contributed by atoms with E-state index in [1.54, 1.807) is 13.3 Å². The summed E-state index contributed by atoms with van der Waals surface area (Å²) in [6.45, 7) is 2.12. The minimum Gasteiger partial charge on any atom is -0.496 e. The fourth-order valence-corrected chi connectivity index (χ4v) is 2.33. The predicted molar refractivity (Wildman–Crippen MR) is 72.4 cm³/mol. The third-order valence-electron chi connectivity index (χ3n) is 3.26. The van der Waals surface area contributed by atoms with E-state index < -0.39 is 0 Å². The zero-order chi connectivity index (χ0) is 12.5. The molecule has 3 heteroatoms. The largest absolute Gasteiger partial charge is 0.496 e. The van der Waals surface area contributed by atoms with Crippen LogP contribution in [0, 0.1) is 6.92 Å². The maximum atomic E-state index is 5.39. The lowest BCUT2D eigenvalue weighted by Crippen LogP contribution is -1.95. The van der Waals surface area contributed by atoms with Crippen LogP contribution in [-0.2, 0) is 0 Å². The number of imidazole rings is 1. The Balaban J connectivity index is 2.30. The Morgan fingerprint density at radius 3 is 2.72 bits per heavy atom. The first-order chi connectivity index (χ1) is 8.81. The van der Waals surface area contributed by atoms with Crippen molar-refractivity contribution in [2.45, 2.75) is 6.92 Å². The lowest BCUT2D eigenvalue weighted by atomic mass is 10.0. The molecule has 3 nitrogen and oxygen atoms in total. The third kappa shape index (κ3) is 1.56. The van der Waals surface area contributed by atoms with E-state index in [9.17, 15) is 0 Å². The number of fused-ring (bicyclic) bond motifs is 1. The molecule has 0 aliphatic heterocycles. The van der Waals surface area contributed by atoms with Gasteiger partial charge >= 0.3 is 0 Å². The number of rotatable bonds is 2. The second kappa shape index (κ2) is 4.18. The average Bonchev–Trinajstić information content (AvgIpc) is 2.92. The summed E-state index contributed by atoms with van der Waals surface area (Å²) < 4.78 is 7.42. The Morgan fingerprint density at radius 2 is 2.00 bits per heavy atom. The van der Waals surface area contributed by atoms with Gasteiger partial charge in [0.1, 0.15) is 5.75 Å². The molecular formula is C15H14N2O. The van der Waals surface area contributed by atoms with Crippen molar-refractivity contribution >= 4 is 10.8 Å². The van der Waals surface area contributed by atoms with E-state index in [1.807, 2.05) is 29.2 Å². The zero-order valence-electron chi connectivity index (χ0n) is 10.4. The Hall–Kier alpha value is -2.29. The number of hydrogen-bond donors (Lipinski definition) is 0. The first kappa shape index (κ1) is 10.8. The summed E-state index contributed by atoms with van der Waals surface area (Å²) in [6.07, 6.45) is 5.55. The van der Waals surface area contributed by atoms with Crippen molar-refractivity contribution in [3.05, 3.63) is 54.6 Å². The van der Waals surface area contributed by atoms with Crippen molar-refractivity contribution in [2.75, 3.05) is 7.11 Å². The molecule has 2 aromatic carbocycles. The van der Waals surface area contributed by atoms with E-state index >= 15 is 0 Å². The average molecular weight is 238 g/mol. The summed E-state index contributed by atoms with van der Waals surface area (Å²) in [4.78, 5) is 4.09. The molecule has 0 saturated carbocycles. The molecule has 0 unspecified atom stereocenters. The summed E-state index contributed by atoms with van der Waals surface area (Å²) in [7, 11) is 1.70. The Labute approximate surface area is 106 Å². The van der Waals surface area contributed by atoms with Gasteiger partial charge in [0.2, 0.25) is 0 Å². The van der Waals surface area contributed by atoms with Gasteiger partial charge in [0.15, 0.2) is 0 Å². The topological polar surface area (TPSA) is 27.1 Å². The molecule has 90 valence electrons. The maximum absolute atomic E-state index is 5.39. The lowest BCUT2D eigenvalue weighted by molar-refractivity contribution is 0.420. The summed E-state index contributed by atoms with van der Waals surface area (Å²) in [5.41, 5.74) is 2.37. The van der Waals surface area contributed by atoms with Crippen LogP contribution in [0.2, 0.25) is 0 Å². The van der Waals surface area contributed by atoms with E-state index in [-0.39, 0.29) is 0 Å². The van der Waals surface area contributed by atoms with Crippen LogP contribution >= 0.6 is 0 Å². The minimum atomic E-state index is 0.910. The van der Waals surface area contributed by atoms with Gasteiger partial charge in [-0.05, 0) is 36.1 Å². The number of aryl methyl sites for hydroxylation is 1. The molecule has 1 heterocycles. The zero-order valence-corrected chi connectivity index (χ0v) is 10.4. The van der Waals surface area contributed by atoms with Crippen molar-refractivity contribution in [1.29, 1.82) is 0 Å². The van der Waals surface area contributed by atoms with Crippen LogP contribution in [0.25, 0.3) is 16.5 Å². The predicted octanol–water partition coefficient (Wildman–Crippen LogP) is 3.34. The molecule has 3 aromatic rings. The number of methoxy groups -OCH3 is 1. The number of nitrogens with zero attached hydrogens (tertiary/aromatic N) is 2. The smallest absolute Gasteiger partial charge is 0.126 e. The van der Waals surface area contributed by atoms with Crippen LogP contribution in [0.3, 0.4) is 0 Å². The van der Waals surface area contributed by atoms with Gasteiger partial charge in [-0.15, -0.1) is 0 Å². The van der Waals surface area contributed by atoms with Crippen LogP contribution in [0.1, 0.15) is 5.56 Å². The molecule has 3 rings (SSSR count). The Bertz CT molecular complexity index is 687. The van der Waals surface area contributed by atoms with Crippen molar-refractivity contribution in [3.63, 3.8) is 0 Å². The molecule has 0 N–H and O–H groups in total. The fraction of sp³-hybridized carbons (Fsp3) is 0.133. The molecule has 0 radical (unpaired) electrons. The molecule has 1 aromatic heterocycles. The highest BCUT2D eigenvalue weighted by Gasteiger charge is 2.07. The first-order valence-corrected chi connectivity index (χ1v) is 5.86. The summed E-state index contributed by atoms with van der Waals surface area (Å²) in [6, 6.07) is 10.3. The van der Waals surface area contributed by atoms with Crippen molar-refractivity contribution < 1.29 is 4.74 Å². The van der Waals surface area contributed by atoms with Crippen molar-refractivity contribution in [1.82, 2.24) is 9.55 Å². The summed E-state index contributed by atoms with van der Waals surface area (Å²) in [5, 5.41) is 2.35. The van der Waals surface area contributed by atoms with Crippen LogP contribution in [0.4, 0.5) is 0 Å². The van der Waals surface area contributed by atoms with Gasteiger partial charge in [-0.1, -0.05) is 12.1 Å². The molecule has 0 spiro atoms. The highest BCUT2D eigenvalue weighted by atomic mass is 16.5. The van der Waals surface area contributed by atoms with Gasteiger partial charge < -0.3 is 9.30 Å². The number of ether oxygens (including phenoxy) is 1. The molecule has 0 aliphatic rings. The SMILES string of the molecule is COc1cccc2c(C)c(-n3ccnc3)ccc12. The van der Waals surface area contributed by atoms with Crippen LogP contribution in [-0.4, -0.2) is 16.7 Å². The van der Waals surface area contributed by atoms with E-state index in [1.165, 1.54) is 10.9 Å². The Morgan fingerprint density at radius 1 is 1.11 bits per heavy atom. The fourth-order valence-electron chi connectivity index (χ4n) is 2.33. The van der Waals surface area contributed by atoms with Gasteiger partial charge in [0.05, 0.1) is 19.1 Å². The first-order valence-electron chi connectivity index (χ1n) is 5.86. The molecule has 0 bridgehead atoms. The van der Waals surface area contributed by atoms with Crippen molar-refractivity contribution in [2.24, 2.45) is 0 Å². The van der Waals surface area contributed by atoms with Crippen LogP contribution in [0.5, 0.6) is 5.75 Å². The minimum absolute atomic E-state index is 0.910. The quantitative estimate of drug-likeness (QED) is 0.684. The van der Waals surface area contributed by atoms with E-state index in [0.29, 0.717) is 0 Å². The van der Waals surface area contributed by atoms with Gasteiger partial charge in [0.25, 0.3) is 0 Å². The third-order valence-corrected chi connectivity index (χ3v) is 3.26. The van der Waals surface area contributed by atoms with Gasteiger partial charge in [-0.2, -0.15) is 0 Å². The summed E-state index contributed by atoms with van der Waals surface area (Å²) >= 11 is 0. The standard InChI is InChI=1S/C15H14N2O/c1-11-12-4-3-5-15(18-2)13(12)6-7-14(11)17-9-8-16-10-17/h3-10H,1-2H3. The number of aromatic nitrogens is 2. The molecular weight excluding hydrogens is 224 g/mol.